The number of nitriles is 1. The summed E-state index contributed by atoms with van der Waals surface area (Å²) in [5.41, 5.74) is 4.03. The Hall–Kier alpha value is -3.76. The van der Waals surface area contributed by atoms with E-state index in [0.29, 0.717) is 39.4 Å². The van der Waals surface area contributed by atoms with Crippen molar-refractivity contribution in [2.75, 3.05) is 7.05 Å². The summed E-state index contributed by atoms with van der Waals surface area (Å²) in [4.78, 5) is 24.3. The molecule has 0 N–H and O–H groups in total. The van der Waals surface area contributed by atoms with Crippen molar-refractivity contribution in [3.63, 3.8) is 0 Å². The number of hydrogen-bond donors (Lipinski definition) is 0. The molecule has 0 atom stereocenters. The molecule has 4 rings (SSSR count). The number of carbonyl (C=O) groups is 1. The Balaban J connectivity index is 1.78. The topological polar surface area (TPSA) is 87.7 Å². The zero-order valence-electron chi connectivity index (χ0n) is 18.0. The van der Waals surface area contributed by atoms with Gasteiger partial charge in [-0.15, -0.1) is 0 Å². The third-order valence-electron chi connectivity index (χ3n) is 5.37. The first-order chi connectivity index (χ1) is 15.4. The molecule has 0 aliphatic heterocycles. The first-order valence-electron chi connectivity index (χ1n) is 10.2. The molecule has 160 valence electrons. The van der Waals surface area contributed by atoms with Crippen molar-refractivity contribution >= 4 is 28.4 Å². The van der Waals surface area contributed by atoms with Gasteiger partial charge in [-0.05, 0) is 44.2 Å². The molecule has 0 fully saturated rings. The maximum atomic E-state index is 13.5. The van der Waals surface area contributed by atoms with Crippen LogP contribution in [0.2, 0.25) is 5.02 Å². The summed E-state index contributed by atoms with van der Waals surface area (Å²) in [7, 11) is 1.74. The van der Waals surface area contributed by atoms with Gasteiger partial charge in [-0.1, -0.05) is 23.7 Å². The van der Waals surface area contributed by atoms with Crippen molar-refractivity contribution in [1.82, 2.24) is 24.6 Å². The van der Waals surface area contributed by atoms with Crippen LogP contribution in [0.15, 0.2) is 48.7 Å². The minimum atomic E-state index is -0.249. The van der Waals surface area contributed by atoms with E-state index in [4.69, 9.17) is 11.6 Å². The van der Waals surface area contributed by atoms with Crippen LogP contribution in [0.4, 0.5) is 0 Å². The number of aromatic nitrogens is 4. The monoisotopic (exact) mass is 444 g/mol. The molecule has 2 aromatic heterocycles. The number of hydrogen-bond acceptors (Lipinski definition) is 5. The van der Waals surface area contributed by atoms with Gasteiger partial charge < -0.3 is 4.90 Å². The Morgan fingerprint density at radius 2 is 2.03 bits per heavy atom. The lowest BCUT2D eigenvalue weighted by Crippen LogP contribution is -2.27. The fraction of sp³-hybridized carbons (Fsp3) is 0.208. The molecule has 0 spiro atoms. The lowest BCUT2D eigenvalue weighted by atomic mass is 10.1. The molecule has 0 saturated carbocycles. The van der Waals surface area contributed by atoms with Gasteiger partial charge in [0.15, 0.2) is 5.82 Å². The summed E-state index contributed by atoms with van der Waals surface area (Å²) in [6, 6.07) is 14.3. The standard InChI is InChI=1S/C24H21ClN6O/c1-4-31-15(2)18(13-27-31)14-30(3)24(32)22-20-11-19(25)8-9-21(20)28-23(29-22)17-7-5-6-16(10-17)12-26/h5-11,13H,4,14H2,1-3H3. The van der Waals surface area contributed by atoms with Gasteiger partial charge >= 0.3 is 0 Å². The van der Waals surface area contributed by atoms with Crippen molar-refractivity contribution in [3.05, 3.63) is 76.2 Å². The summed E-state index contributed by atoms with van der Waals surface area (Å²) in [6.45, 7) is 5.18. The van der Waals surface area contributed by atoms with Crippen LogP contribution in [0, 0.1) is 18.3 Å². The molecule has 2 heterocycles. The fourth-order valence-corrected chi connectivity index (χ4v) is 3.76. The zero-order valence-corrected chi connectivity index (χ0v) is 18.8. The van der Waals surface area contributed by atoms with E-state index in [1.807, 2.05) is 24.6 Å². The minimum Gasteiger partial charge on any atom is -0.336 e. The zero-order chi connectivity index (χ0) is 22.8. The van der Waals surface area contributed by atoms with Crippen LogP contribution >= 0.6 is 11.6 Å². The largest absolute Gasteiger partial charge is 0.336 e. The lowest BCUT2D eigenvalue weighted by Gasteiger charge is -2.18. The van der Waals surface area contributed by atoms with Crippen LogP contribution in [-0.2, 0) is 13.1 Å². The second-order valence-electron chi connectivity index (χ2n) is 7.48. The Kier molecular flexibility index (Phi) is 5.89. The molecule has 0 unspecified atom stereocenters. The molecule has 0 aliphatic rings. The average Bonchev–Trinajstić information content (AvgIpc) is 3.16. The number of fused-ring (bicyclic) bond motifs is 1. The van der Waals surface area contributed by atoms with E-state index >= 15 is 0 Å². The van der Waals surface area contributed by atoms with Crippen molar-refractivity contribution in [2.24, 2.45) is 0 Å². The highest BCUT2D eigenvalue weighted by molar-refractivity contribution is 6.31. The summed E-state index contributed by atoms with van der Waals surface area (Å²) in [5, 5.41) is 14.7. The molecule has 1 amide bonds. The van der Waals surface area contributed by atoms with E-state index in [0.717, 1.165) is 17.8 Å². The van der Waals surface area contributed by atoms with Crippen LogP contribution < -0.4 is 0 Å². The first-order valence-corrected chi connectivity index (χ1v) is 10.5. The summed E-state index contributed by atoms with van der Waals surface area (Å²) < 4.78 is 1.90. The number of nitrogens with zero attached hydrogens (tertiary/aromatic N) is 6. The second-order valence-corrected chi connectivity index (χ2v) is 7.92. The maximum Gasteiger partial charge on any atom is 0.273 e. The number of carbonyl (C=O) groups excluding carboxylic acids is 1. The van der Waals surface area contributed by atoms with Gasteiger partial charge in [-0.25, -0.2) is 9.97 Å². The molecule has 32 heavy (non-hydrogen) atoms. The number of aryl methyl sites for hydroxylation is 1. The van der Waals surface area contributed by atoms with Crippen LogP contribution in [-0.4, -0.2) is 37.6 Å². The van der Waals surface area contributed by atoms with E-state index in [-0.39, 0.29) is 11.6 Å². The van der Waals surface area contributed by atoms with Crippen molar-refractivity contribution in [2.45, 2.75) is 26.9 Å². The van der Waals surface area contributed by atoms with E-state index < -0.39 is 0 Å². The summed E-state index contributed by atoms with van der Waals surface area (Å²) >= 11 is 6.21. The van der Waals surface area contributed by atoms with Gasteiger partial charge in [-0.3, -0.25) is 9.48 Å². The second kappa shape index (κ2) is 8.77. The highest BCUT2D eigenvalue weighted by atomic mass is 35.5. The quantitative estimate of drug-likeness (QED) is 0.448. The molecular formula is C24H21ClN6O. The predicted molar refractivity (Wildman–Crippen MR) is 123 cm³/mol. The predicted octanol–water partition coefficient (Wildman–Crippen LogP) is 4.62. The third kappa shape index (κ3) is 4.05. The Bertz CT molecular complexity index is 1370. The number of rotatable bonds is 5. The van der Waals surface area contributed by atoms with E-state index in [1.165, 1.54) is 0 Å². The smallest absolute Gasteiger partial charge is 0.273 e. The van der Waals surface area contributed by atoms with Gasteiger partial charge in [-0.2, -0.15) is 10.4 Å². The van der Waals surface area contributed by atoms with Gasteiger partial charge in [0.1, 0.15) is 5.69 Å². The van der Waals surface area contributed by atoms with E-state index in [9.17, 15) is 10.1 Å². The molecule has 0 radical (unpaired) electrons. The minimum absolute atomic E-state index is 0.249. The highest BCUT2D eigenvalue weighted by Gasteiger charge is 2.21. The van der Waals surface area contributed by atoms with Gasteiger partial charge in [0.2, 0.25) is 0 Å². The van der Waals surface area contributed by atoms with Crippen molar-refractivity contribution in [1.29, 1.82) is 5.26 Å². The summed E-state index contributed by atoms with van der Waals surface area (Å²) in [5.74, 6) is 0.129. The van der Waals surface area contributed by atoms with Gasteiger partial charge in [0.25, 0.3) is 5.91 Å². The highest BCUT2D eigenvalue weighted by Crippen LogP contribution is 2.26. The number of halogens is 1. The van der Waals surface area contributed by atoms with Crippen molar-refractivity contribution in [3.8, 4) is 17.5 Å². The normalized spacial score (nSPS) is 10.8. The molecule has 0 saturated heterocycles. The van der Waals surface area contributed by atoms with Crippen molar-refractivity contribution < 1.29 is 4.79 Å². The SMILES string of the molecule is CCn1ncc(CN(C)C(=O)c2nc(-c3cccc(C#N)c3)nc3ccc(Cl)cc23)c1C. The molecule has 8 heteroatoms. The molecule has 2 aromatic carbocycles. The fourth-order valence-electron chi connectivity index (χ4n) is 3.59. The molecule has 0 aliphatic carbocycles. The molecule has 4 aromatic rings. The molecular weight excluding hydrogens is 424 g/mol. The molecule has 0 bridgehead atoms. The Morgan fingerprint density at radius 1 is 1.22 bits per heavy atom. The van der Waals surface area contributed by atoms with Gasteiger partial charge in [0.05, 0.1) is 23.3 Å². The maximum absolute atomic E-state index is 13.5. The molecule has 7 nitrogen and oxygen atoms in total. The van der Waals surface area contributed by atoms with Crippen LogP contribution in [0.25, 0.3) is 22.3 Å². The Morgan fingerprint density at radius 3 is 2.75 bits per heavy atom. The van der Waals surface area contributed by atoms with E-state index in [1.54, 1.807) is 54.5 Å². The van der Waals surface area contributed by atoms with Crippen LogP contribution in [0.5, 0.6) is 0 Å². The van der Waals surface area contributed by atoms with Crippen LogP contribution in [0.3, 0.4) is 0 Å². The summed E-state index contributed by atoms with van der Waals surface area (Å²) in [6.07, 6.45) is 1.79. The number of amides is 1. The van der Waals surface area contributed by atoms with E-state index in [2.05, 4.69) is 21.1 Å². The third-order valence-corrected chi connectivity index (χ3v) is 5.60. The number of benzene rings is 2. The average molecular weight is 445 g/mol. The lowest BCUT2D eigenvalue weighted by molar-refractivity contribution is 0.0781. The Labute approximate surface area is 190 Å². The first kappa shape index (κ1) is 21.5. The van der Waals surface area contributed by atoms with Crippen LogP contribution in [0.1, 0.15) is 34.2 Å². The van der Waals surface area contributed by atoms with Gasteiger partial charge in [0, 0.05) is 47.4 Å².